The van der Waals surface area contributed by atoms with Crippen molar-refractivity contribution in [1.29, 1.82) is 0 Å². The number of hydrogen-bond donors (Lipinski definition) is 2. The standard InChI is InChI=1S/C20H22ClN3O4/c1-3-10-28-17-9-8-14(11-18(17)27-4-2)13-22-24-20(26)19(25)23-16-7-5-6-15(21)12-16/h5-9,11-13H,3-4,10H2,1-2H3,(H,23,25)(H,24,26)/b22-13-. The molecule has 0 spiro atoms. The van der Waals surface area contributed by atoms with E-state index in [1.54, 1.807) is 36.4 Å². The molecule has 2 N–H and O–H groups in total. The normalized spacial score (nSPS) is 10.5. The molecule has 2 aromatic rings. The molecule has 0 aliphatic carbocycles. The van der Waals surface area contributed by atoms with E-state index in [1.807, 2.05) is 13.8 Å². The smallest absolute Gasteiger partial charge is 0.329 e. The monoisotopic (exact) mass is 403 g/mol. The number of carbonyl (C=O) groups excluding carboxylic acids is 2. The van der Waals surface area contributed by atoms with Crippen LogP contribution >= 0.6 is 11.6 Å². The van der Waals surface area contributed by atoms with Crippen LogP contribution in [0.3, 0.4) is 0 Å². The summed E-state index contributed by atoms with van der Waals surface area (Å²) in [5, 5.41) is 6.70. The lowest BCUT2D eigenvalue weighted by Gasteiger charge is -2.11. The first kappa shape index (κ1) is 21.2. The number of ether oxygens (including phenoxy) is 2. The summed E-state index contributed by atoms with van der Waals surface area (Å²) in [7, 11) is 0. The maximum atomic E-state index is 11.9. The number of anilines is 1. The van der Waals surface area contributed by atoms with Gasteiger partial charge in [0.2, 0.25) is 0 Å². The maximum absolute atomic E-state index is 11.9. The van der Waals surface area contributed by atoms with Crippen molar-refractivity contribution in [3.05, 3.63) is 53.1 Å². The van der Waals surface area contributed by atoms with E-state index in [0.717, 1.165) is 6.42 Å². The molecule has 7 nitrogen and oxygen atoms in total. The molecular formula is C20H22ClN3O4. The Kier molecular flexibility index (Phi) is 8.30. The number of halogens is 1. The van der Waals surface area contributed by atoms with Crippen LogP contribution in [0.4, 0.5) is 5.69 Å². The molecule has 0 aromatic heterocycles. The molecule has 2 aromatic carbocycles. The van der Waals surface area contributed by atoms with Gasteiger partial charge in [-0.05, 0) is 55.3 Å². The Balaban J connectivity index is 1.96. The minimum Gasteiger partial charge on any atom is -0.490 e. The van der Waals surface area contributed by atoms with Crippen LogP contribution in [0.15, 0.2) is 47.6 Å². The fourth-order valence-electron chi connectivity index (χ4n) is 2.17. The summed E-state index contributed by atoms with van der Waals surface area (Å²) >= 11 is 5.84. The van der Waals surface area contributed by atoms with E-state index >= 15 is 0 Å². The van der Waals surface area contributed by atoms with Gasteiger partial charge < -0.3 is 14.8 Å². The minimum atomic E-state index is -0.899. The summed E-state index contributed by atoms with van der Waals surface area (Å²) in [6.45, 7) is 4.98. The van der Waals surface area contributed by atoms with Gasteiger partial charge in [0.25, 0.3) is 0 Å². The summed E-state index contributed by atoms with van der Waals surface area (Å²) in [4.78, 5) is 23.7. The van der Waals surface area contributed by atoms with Gasteiger partial charge in [-0.3, -0.25) is 9.59 Å². The number of amides is 2. The van der Waals surface area contributed by atoms with Crippen molar-refractivity contribution >= 4 is 35.3 Å². The van der Waals surface area contributed by atoms with Crippen molar-refractivity contribution < 1.29 is 19.1 Å². The third-order valence-corrected chi connectivity index (χ3v) is 3.63. The lowest BCUT2D eigenvalue weighted by Crippen LogP contribution is -2.32. The topological polar surface area (TPSA) is 89.0 Å². The Morgan fingerprint density at radius 3 is 2.61 bits per heavy atom. The van der Waals surface area contributed by atoms with Gasteiger partial charge in [0.05, 0.1) is 19.4 Å². The second-order valence-corrected chi connectivity index (χ2v) is 6.09. The number of rotatable bonds is 8. The maximum Gasteiger partial charge on any atom is 0.329 e. The van der Waals surface area contributed by atoms with E-state index < -0.39 is 11.8 Å². The lowest BCUT2D eigenvalue weighted by molar-refractivity contribution is -0.136. The molecular weight excluding hydrogens is 382 g/mol. The predicted molar refractivity (Wildman–Crippen MR) is 109 cm³/mol. The van der Waals surface area contributed by atoms with E-state index in [1.165, 1.54) is 12.3 Å². The largest absolute Gasteiger partial charge is 0.490 e. The van der Waals surface area contributed by atoms with Crippen molar-refractivity contribution in [2.45, 2.75) is 20.3 Å². The number of benzene rings is 2. The quantitative estimate of drug-likeness (QED) is 0.400. The highest BCUT2D eigenvalue weighted by Crippen LogP contribution is 2.28. The lowest BCUT2D eigenvalue weighted by atomic mass is 10.2. The fraction of sp³-hybridized carbons (Fsp3) is 0.250. The van der Waals surface area contributed by atoms with Crippen LogP contribution in [-0.2, 0) is 9.59 Å². The van der Waals surface area contributed by atoms with Crippen LogP contribution in [0.25, 0.3) is 0 Å². The molecule has 148 valence electrons. The number of carbonyl (C=O) groups is 2. The van der Waals surface area contributed by atoms with Crippen molar-refractivity contribution in [3.63, 3.8) is 0 Å². The summed E-state index contributed by atoms with van der Waals surface area (Å²) in [6, 6.07) is 11.8. The highest BCUT2D eigenvalue weighted by Gasteiger charge is 2.13. The van der Waals surface area contributed by atoms with Gasteiger partial charge in [0.1, 0.15) is 0 Å². The Hall–Kier alpha value is -3.06. The summed E-state index contributed by atoms with van der Waals surface area (Å²) in [5.74, 6) is -0.516. The second kappa shape index (κ2) is 10.9. The van der Waals surface area contributed by atoms with Crippen LogP contribution in [0, 0.1) is 0 Å². The van der Waals surface area contributed by atoms with Crippen LogP contribution in [-0.4, -0.2) is 31.2 Å². The Morgan fingerprint density at radius 2 is 1.89 bits per heavy atom. The van der Waals surface area contributed by atoms with Gasteiger partial charge in [0, 0.05) is 10.7 Å². The first-order valence-corrected chi connectivity index (χ1v) is 9.20. The van der Waals surface area contributed by atoms with Crippen molar-refractivity contribution in [2.75, 3.05) is 18.5 Å². The summed E-state index contributed by atoms with van der Waals surface area (Å²) in [5.41, 5.74) is 3.28. The zero-order valence-corrected chi connectivity index (χ0v) is 16.5. The number of nitrogens with one attached hydrogen (secondary N) is 2. The zero-order chi connectivity index (χ0) is 20.4. The molecule has 0 radical (unpaired) electrons. The third kappa shape index (κ3) is 6.59. The summed E-state index contributed by atoms with van der Waals surface area (Å²) in [6.07, 6.45) is 2.30. The number of hydrazone groups is 1. The molecule has 0 fully saturated rings. The first-order chi connectivity index (χ1) is 13.5. The molecule has 0 aliphatic heterocycles. The Bertz CT molecular complexity index is 855. The zero-order valence-electron chi connectivity index (χ0n) is 15.7. The van der Waals surface area contributed by atoms with Crippen molar-refractivity contribution in [1.82, 2.24) is 5.43 Å². The van der Waals surface area contributed by atoms with Crippen LogP contribution in [0.2, 0.25) is 5.02 Å². The number of nitrogens with zero attached hydrogens (tertiary/aromatic N) is 1. The molecule has 8 heteroatoms. The Morgan fingerprint density at radius 1 is 1.07 bits per heavy atom. The van der Waals surface area contributed by atoms with Gasteiger partial charge in [-0.2, -0.15) is 5.10 Å². The van der Waals surface area contributed by atoms with Crippen LogP contribution in [0.5, 0.6) is 11.5 Å². The average molecular weight is 404 g/mol. The minimum absolute atomic E-state index is 0.417. The molecule has 0 heterocycles. The summed E-state index contributed by atoms with van der Waals surface area (Å²) < 4.78 is 11.2. The first-order valence-electron chi connectivity index (χ1n) is 8.83. The van der Waals surface area contributed by atoms with Gasteiger partial charge in [-0.1, -0.05) is 24.6 Å². The van der Waals surface area contributed by atoms with Crippen molar-refractivity contribution in [2.24, 2.45) is 5.10 Å². The van der Waals surface area contributed by atoms with Gasteiger partial charge in [0.15, 0.2) is 11.5 Å². The van der Waals surface area contributed by atoms with Crippen molar-refractivity contribution in [3.8, 4) is 11.5 Å². The van der Waals surface area contributed by atoms with E-state index in [4.69, 9.17) is 21.1 Å². The van der Waals surface area contributed by atoms with E-state index in [0.29, 0.717) is 41.0 Å². The fourth-order valence-corrected chi connectivity index (χ4v) is 2.37. The van der Waals surface area contributed by atoms with E-state index in [2.05, 4.69) is 15.8 Å². The average Bonchev–Trinajstić information content (AvgIpc) is 2.67. The molecule has 2 rings (SSSR count). The third-order valence-electron chi connectivity index (χ3n) is 3.40. The van der Waals surface area contributed by atoms with Gasteiger partial charge in [-0.15, -0.1) is 0 Å². The molecule has 0 bridgehead atoms. The van der Waals surface area contributed by atoms with Crippen LogP contribution < -0.4 is 20.2 Å². The second-order valence-electron chi connectivity index (χ2n) is 5.65. The molecule has 0 saturated carbocycles. The number of hydrogen-bond acceptors (Lipinski definition) is 5. The van der Waals surface area contributed by atoms with Crippen LogP contribution in [0.1, 0.15) is 25.8 Å². The molecule has 2 amide bonds. The molecule has 0 aliphatic rings. The highest BCUT2D eigenvalue weighted by atomic mass is 35.5. The van der Waals surface area contributed by atoms with Gasteiger partial charge >= 0.3 is 11.8 Å². The Labute approximate surface area is 168 Å². The highest BCUT2D eigenvalue weighted by molar-refractivity contribution is 6.39. The predicted octanol–water partition coefficient (Wildman–Crippen LogP) is 3.62. The van der Waals surface area contributed by atoms with E-state index in [-0.39, 0.29) is 0 Å². The SMILES string of the molecule is CCCOc1ccc(/C=N\NC(=O)C(=O)Nc2cccc(Cl)c2)cc1OCC. The molecule has 0 saturated heterocycles. The van der Waals surface area contributed by atoms with E-state index in [9.17, 15) is 9.59 Å². The van der Waals surface area contributed by atoms with Gasteiger partial charge in [-0.25, -0.2) is 5.43 Å². The molecule has 0 unspecified atom stereocenters. The molecule has 0 atom stereocenters. The molecule has 28 heavy (non-hydrogen) atoms.